The van der Waals surface area contributed by atoms with Gasteiger partial charge in [-0.15, -0.1) is 11.3 Å². The highest BCUT2D eigenvalue weighted by Gasteiger charge is 2.35. The normalized spacial score (nSPS) is 11.8. The summed E-state index contributed by atoms with van der Waals surface area (Å²) in [5, 5.41) is 12.5. The van der Waals surface area contributed by atoms with Gasteiger partial charge in [-0.25, -0.2) is 4.98 Å². The molecule has 126 valence electrons. The molecule has 1 aromatic carbocycles. The molecule has 5 nitrogen and oxygen atoms in total. The van der Waals surface area contributed by atoms with Crippen LogP contribution >= 0.6 is 11.3 Å². The Balaban J connectivity index is 1.74. The SMILES string of the molecule is O=C(Cc1ccc(CO)cc1)Nc1ncn2c(C(F)(F)F)csc12. The number of aliphatic hydroxyl groups excluding tert-OH is 1. The van der Waals surface area contributed by atoms with E-state index in [4.69, 9.17) is 5.11 Å². The number of aromatic nitrogens is 2. The summed E-state index contributed by atoms with van der Waals surface area (Å²) in [7, 11) is 0. The minimum atomic E-state index is -4.48. The lowest BCUT2D eigenvalue weighted by atomic mass is 10.1. The Morgan fingerprint density at radius 2 is 1.92 bits per heavy atom. The average molecular weight is 355 g/mol. The first-order chi connectivity index (χ1) is 11.4. The van der Waals surface area contributed by atoms with Gasteiger partial charge in [-0.2, -0.15) is 13.2 Å². The second-order valence-corrected chi connectivity index (χ2v) is 5.94. The number of aliphatic hydroxyl groups is 1. The van der Waals surface area contributed by atoms with E-state index < -0.39 is 11.9 Å². The van der Waals surface area contributed by atoms with Crippen molar-refractivity contribution in [1.29, 1.82) is 0 Å². The summed E-state index contributed by atoms with van der Waals surface area (Å²) in [6.45, 7) is -0.0843. The van der Waals surface area contributed by atoms with Crippen molar-refractivity contribution in [2.24, 2.45) is 0 Å². The maximum absolute atomic E-state index is 12.8. The predicted octanol–water partition coefficient (Wildman–Crippen LogP) is 3.09. The number of amides is 1. The third-order valence-electron chi connectivity index (χ3n) is 3.38. The molecule has 0 aliphatic rings. The Bertz CT molecular complexity index is 868. The number of anilines is 1. The second kappa shape index (κ2) is 6.25. The van der Waals surface area contributed by atoms with Gasteiger partial charge < -0.3 is 10.4 Å². The van der Waals surface area contributed by atoms with Crippen LogP contribution in [0, 0.1) is 0 Å². The minimum Gasteiger partial charge on any atom is -0.392 e. The van der Waals surface area contributed by atoms with E-state index in [2.05, 4.69) is 10.3 Å². The molecule has 0 aliphatic heterocycles. The molecule has 9 heteroatoms. The summed E-state index contributed by atoms with van der Waals surface area (Å²) in [6, 6.07) is 6.82. The second-order valence-electron chi connectivity index (χ2n) is 5.09. The van der Waals surface area contributed by atoms with Crippen molar-refractivity contribution in [2.45, 2.75) is 19.2 Å². The van der Waals surface area contributed by atoms with Gasteiger partial charge in [0.25, 0.3) is 0 Å². The highest BCUT2D eigenvalue weighted by Crippen LogP contribution is 2.34. The maximum Gasteiger partial charge on any atom is 0.432 e. The van der Waals surface area contributed by atoms with Crippen molar-refractivity contribution in [3.05, 3.63) is 52.8 Å². The molecule has 0 unspecified atom stereocenters. The molecule has 2 aromatic heterocycles. The lowest BCUT2D eigenvalue weighted by Gasteiger charge is -2.04. The highest BCUT2D eigenvalue weighted by atomic mass is 32.1. The van der Waals surface area contributed by atoms with Gasteiger partial charge in [-0.05, 0) is 11.1 Å². The zero-order valence-electron chi connectivity index (χ0n) is 12.2. The molecule has 24 heavy (non-hydrogen) atoms. The van der Waals surface area contributed by atoms with Crippen molar-refractivity contribution in [2.75, 3.05) is 5.32 Å². The van der Waals surface area contributed by atoms with Gasteiger partial charge in [0.05, 0.1) is 13.0 Å². The number of fused-ring (bicyclic) bond motifs is 1. The van der Waals surface area contributed by atoms with Crippen LogP contribution in [0.3, 0.4) is 0 Å². The Morgan fingerprint density at radius 3 is 2.54 bits per heavy atom. The Morgan fingerprint density at radius 1 is 1.25 bits per heavy atom. The van der Waals surface area contributed by atoms with E-state index in [1.807, 2.05) is 0 Å². The number of carbonyl (C=O) groups excluding carboxylic acids is 1. The smallest absolute Gasteiger partial charge is 0.392 e. The van der Waals surface area contributed by atoms with E-state index in [1.165, 1.54) is 0 Å². The van der Waals surface area contributed by atoms with Gasteiger partial charge in [0.15, 0.2) is 5.82 Å². The van der Waals surface area contributed by atoms with E-state index >= 15 is 0 Å². The van der Waals surface area contributed by atoms with Crippen molar-refractivity contribution < 1.29 is 23.1 Å². The molecular formula is C15H12F3N3O2S. The van der Waals surface area contributed by atoms with Gasteiger partial charge in [0.1, 0.15) is 16.9 Å². The topological polar surface area (TPSA) is 66.6 Å². The summed E-state index contributed by atoms with van der Waals surface area (Å²) in [5.41, 5.74) is 0.630. The quantitative estimate of drug-likeness (QED) is 0.756. The predicted molar refractivity (Wildman–Crippen MR) is 82.8 cm³/mol. The third-order valence-corrected chi connectivity index (χ3v) is 4.34. The van der Waals surface area contributed by atoms with E-state index in [9.17, 15) is 18.0 Å². The number of nitrogens with zero attached hydrogens (tertiary/aromatic N) is 2. The molecule has 2 heterocycles. The van der Waals surface area contributed by atoms with E-state index in [1.54, 1.807) is 24.3 Å². The number of benzene rings is 1. The fraction of sp³-hybridized carbons (Fsp3) is 0.200. The Kier molecular flexibility index (Phi) is 4.29. The van der Waals surface area contributed by atoms with Crippen molar-refractivity contribution in [3.63, 3.8) is 0 Å². The van der Waals surface area contributed by atoms with Crippen LogP contribution in [0.1, 0.15) is 16.8 Å². The lowest BCUT2D eigenvalue weighted by molar-refractivity contribution is -0.141. The monoisotopic (exact) mass is 355 g/mol. The number of alkyl halides is 3. The largest absolute Gasteiger partial charge is 0.432 e. The highest BCUT2D eigenvalue weighted by molar-refractivity contribution is 7.16. The summed E-state index contributed by atoms with van der Waals surface area (Å²) in [4.78, 5) is 16.1. The number of carbonyl (C=O) groups is 1. The first-order valence-corrected chi connectivity index (χ1v) is 7.76. The molecule has 1 amide bonds. The third kappa shape index (κ3) is 3.26. The molecule has 3 rings (SSSR count). The molecule has 3 aromatic rings. The molecule has 0 saturated heterocycles. The Labute approximate surface area is 138 Å². The molecule has 2 N–H and O–H groups in total. The van der Waals surface area contributed by atoms with Crippen LogP contribution in [-0.2, 0) is 24.0 Å². The number of halogens is 3. The summed E-state index contributed by atoms with van der Waals surface area (Å²) < 4.78 is 39.4. The average Bonchev–Trinajstić information content (AvgIpc) is 3.10. The lowest BCUT2D eigenvalue weighted by Crippen LogP contribution is -2.14. The molecule has 0 spiro atoms. The van der Waals surface area contributed by atoms with Crippen LogP contribution in [0.5, 0.6) is 0 Å². The zero-order chi connectivity index (χ0) is 17.3. The summed E-state index contributed by atoms with van der Waals surface area (Å²) in [5.74, 6) is -0.276. The fourth-order valence-corrected chi connectivity index (χ4v) is 3.15. The number of hydrogen-bond donors (Lipinski definition) is 2. The standard InChI is InChI=1S/C15H12F3N3O2S/c16-15(17,18)11-7-24-14-13(19-8-21(11)14)20-12(23)5-9-1-3-10(6-22)4-2-9/h1-4,7-8,22H,5-6H2,(H,20,23). The number of imidazole rings is 1. The van der Waals surface area contributed by atoms with Crippen molar-refractivity contribution in [1.82, 2.24) is 9.38 Å². The van der Waals surface area contributed by atoms with Crippen LogP contribution in [0.15, 0.2) is 36.0 Å². The van der Waals surface area contributed by atoms with E-state index in [0.717, 1.165) is 38.6 Å². The molecule has 0 atom stereocenters. The van der Waals surface area contributed by atoms with Crippen LogP contribution in [0.2, 0.25) is 0 Å². The van der Waals surface area contributed by atoms with Gasteiger partial charge in [-0.1, -0.05) is 24.3 Å². The van der Waals surface area contributed by atoms with Gasteiger partial charge >= 0.3 is 6.18 Å². The summed E-state index contributed by atoms with van der Waals surface area (Å²) in [6.07, 6.45) is -3.38. The van der Waals surface area contributed by atoms with Gasteiger partial charge in [0, 0.05) is 5.38 Å². The van der Waals surface area contributed by atoms with Crippen LogP contribution in [-0.4, -0.2) is 20.4 Å². The van der Waals surface area contributed by atoms with Gasteiger partial charge in [-0.3, -0.25) is 9.20 Å². The van der Waals surface area contributed by atoms with Gasteiger partial charge in [0.2, 0.25) is 5.91 Å². The maximum atomic E-state index is 12.8. The molecule has 0 bridgehead atoms. The first-order valence-electron chi connectivity index (χ1n) is 6.89. The summed E-state index contributed by atoms with van der Waals surface area (Å²) >= 11 is 0.865. The molecule has 0 saturated carbocycles. The molecular weight excluding hydrogens is 343 g/mol. The van der Waals surface area contributed by atoms with E-state index in [-0.39, 0.29) is 29.6 Å². The van der Waals surface area contributed by atoms with Crippen molar-refractivity contribution >= 4 is 27.9 Å². The fourth-order valence-electron chi connectivity index (χ4n) is 2.20. The minimum absolute atomic E-state index is 0.0578. The van der Waals surface area contributed by atoms with Crippen LogP contribution in [0.4, 0.5) is 19.0 Å². The zero-order valence-corrected chi connectivity index (χ0v) is 13.0. The number of rotatable bonds is 4. The van der Waals surface area contributed by atoms with Crippen LogP contribution in [0.25, 0.3) is 4.83 Å². The molecule has 0 fully saturated rings. The number of thiazole rings is 1. The van der Waals surface area contributed by atoms with Crippen LogP contribution < -0.4 is 5.32 Å². The Hall–Kier alpha value is -2.39. The first kappa shape index (κ1) is 16.5. The van der Waals surface area contributed by atoms with E-state index in [0.29, 0.717) is 0 Å². The number of hydrogen-bond acceptors (Lipinski definition) is 4. The van der Waals surface area contributed by atoms with Crippen molar-refractivity contribution in [3.8, 4) is 0 Å². The number of nitrogens with one attached hydrogen (secondary N) is 1. The molecule has 0 aliphatic carbocycles. The molecule has 0 radical (unpaired) electrons.